The summed E-state index contributed by atoms with van der Waals surface area (Å²) < 4.78 is 5.38. The summed E-state index contributed by atoms with van der Waals surface area (Å²) in [6.45, 7) is 3.75. The number of aromatic nitrogens is 3. The van der Waals surface area contributed by atoms with Crippen LogP contribution in [0.5, 0.6) is 0 Å². The van der Waals surface area contributed by atoms with Crippen molar-refractivity contribution in [1.29, 1.82) is 0 Å². The largest absolute Gasteiger partial charge is 0.374 e. The third kappa shape index (κ3) is 3.88. The maximum absolute atomic E-state index is 5.38. The summed E-state index contributed by atoms with van der Waals surface area (Å²) in [6, 6.07) is 1.92. The van der Waals surface area contributed by atoms with E-state index in [9.17, 15) is 0 Å². The predicted octanol–water partition coefficient (Wildman–Crippen LogP) is 2.15. The highest BCUT2D eigenvalue weighted by Crippen LogP contribution is 2.17. The monoisotopic (exact) mass is 293 g/mol. The van der Waals surface area contributed by atoms with Crippen LogP contribution in [0.15, 0.2) is 17.0 Å². The molecule has 6 nitrogen and oxygen atoms in total. The average molecular weight is 293 g/mol. The molecule has 108 valence electrons. The number of thiazole rings is 1. The van der Waals surface area contributed by atoms with Gasteiger partial charge in [-0.1, -0.05) is 0 Å². The topological polar surface area (TPSA) is 63.2 Å². The first kappa shape index (κ1) is 14.7. The van der Waals surface area contributed by atoms with Crippen LogP contribution in [0.3, 0.4) is 0 Å². The summed E-state index contributed by atoms with van der Waals surface area (Å²) >= 11 is 1.60. The van der Waals surface area contributed by atoms with Crippen LogP contribution in [0, 0.1) is 0 Å². The molecular formula is C13H19N5OS. The van der Waals surface area contributed by atoms with Crippen LogP contribution in [0.2, 0.25) is 0 Å². The van der Waals surface area contributed by atoms with Crippen LogP contribution < -0.4 is 10.2 Å². The van der Waals surface area contributed by atoms with Gasteiger partial charge in [0, 0.05) is 32.1 Å². The molecule has 2 aromatic rings. The molecule has 0 radical (unpaired) electrons. The van der Waals surface area contributed by atoms with Crippen molar-refractivity contribution in [3.8, 4) is 0 Å². The molecule has 0 amide bonds. The first-order valence-electron chi connectivity index (χ1n) is 6.44. The Hall–Kier alpha value is -1.73. The van der Waals surface area contributed by atoms with Crippen LogP contribution >= 0.6 is 11.3 Å². The van der Waals surface area contributed by atoms with E-state index < -0.39 is 0 Å². The minimum atomic E-state index is 0.420. The van der Waals surface area contributed by atoms with E-state index in [1.807, 2.05) is 42.9 Å². The standard InChI is InChI=1S/C13H19N5OS/c1-4-19-7-12-16-11(14-2)5-13(17-12)18(3)6-10-8-20-9-15-10/h5,8-9H,4,6-7H2,1-3H3,(H,14,16,17). The second kappa shape index (κ2) is 7.16. The molecule has 0 saturated carbocycles. The fourth-order valence-corrected chi connectivity index (χ4v) is 2.25. The van der Waals surface area contributed by atoms with Gasteiger partial charge < -0.3 is 15.0 Å². The van der Waals surface area contributed by atoms with Crippen molar-refractivity contribution in [3.63, 3.8) is 0 Å². The van der Waals surface area contributed by atoms with Crippen molar-refractivity contribution in [3.05, 3.63) is 28.5 Å². The summed E-state index contributed by atoms with van der Waals surface area (Å²) in [7, 11) is 3.84. The molecule has 2 rings (SSSR count). The Morgan fingerprint density at radius 2 is 2.25 bits per heavy atom. The van der Waals surface area contributed by atoms with Crippen molar-refractivity contribution in [1.82, 2.24) is 15.0 Å². The van der Waals surface area contributed by atoms with Crippen molar-refractivity contribution >= 4 is 23.0 Å². The minimum Gasteiger partial charge on any atom is -0.374 e. The van der Waals surface area contributed by atoms with Gasteiger partial charge in [-0.2, -0.15) is 0 Å². The molecule has 0 fully saturated rings. The van der Waals surface area contributed by atoms with Gasteiger partial charge >= 0.3 is 0 Å². The lowest BCUT2D eigenvalue weighted by Gasteiger charge is -2.18. The van der Waals surface area contributed by atoms with Crippen LogP contribution in [0.25, 0.3) is 0 Å². The van der Waals surface area contributed by atoms with Gasteiger partial charge in [0.1, 0.15) is 18.2 Å². The van der Waals surface area contributed by atoms with E-state index in [0.29, 0.717) is 19.0 Å². The van der Waals surface area contributed by atoms with E-state index >= 15 is 0 Å². The van der Waals surface area contributed by atoms with Gasteiger partial charge in [0.2, 0.25) is 0 Å². The zero-order valence-electron chi connectivity index (χ0n) is 12.0. The molecule has 2 aromatic heterocycles. The van der Waals surface area contributed by atoms with Crippen LogP contribution in [0.4, 0.5) is 11.6 Å². The highest BCUT2D eigenvalue weighted by atomic mass is 32.1. The highest BCUT2D eigenvalue weighted by Gasteiger charge is 2.09. The maximum Gasteiger partial charge on any atom is 0.158 e. The zero-order valence-corrected chi connectivity index (χ0v) is 12.8. The van der Waals surface area contributed by atoms with E-state index in [0.717, 1.165) is 23.9 Å². The fourth-order valence-electron chi connectivity index (χ4n) is 1.70. The Balaban J connectivity index is 2.16. The Bertz CT molecular complexity index is 532. The van der Waals surface area contributed by atoms with Crippen molar-refractivity contribution in [2.45, 2.75) is 20.1 Å². The zero-order chi connectivity index (χ0) is 14.4. The van der Waals surface area contributed by atoms with E-state index in [-0.39, 0.29) is 0 Å². The Labute approximate surface area is 122 Å². The summed E-state index contributed by atoms with van der Waals surface area (Å²) in [5, 5.41) is 5.09. The molecular weight excluding hydrogens is 274 g/mol. The van der Waals surface area contributed by atoms with E-state index in [1.165, 1.54) is 0 Å². The Morgan fingerprint density at radius 1 is 1.40 bits per heavy atom. The normalized spacial score (nSPS) is 10.6. The van der Waals surface area contributed by atoms with Gasteiger partial charge in [-0.15, -0.1) is 11.3 Å². The number of hydrogen-bond acceptors (Lipinski definition) is 7. The quantitative estimate of drug-likeness (QED) is 0.844. The lowest BCUT2D eigenvalue weighted by Crippen LogP contribution is -2.19. The number of anilines is 2. The van der Waals surface area contributed by atoms with Gasteiger partial charge in [-0.3, -0.25) is 0 Å². The van der Waals surface area contributed by atoms with Crippen LogP contribution in [-0.2, 0) is 17.9 Å². The molecule has 0 atom stereocenters. The number of ether oxygens (including phenoxy) is 1. The summed E-state index contributed by atoms with van der Waals surface area (Å²) in [6.07, 6.45) is 0. The lowest BCUT2D eigenvalue weighted by atomic mass is 10.4. The summed E-state index contributed by atoms with van der Waals surface area (Å²) in [5.41, 5.74) is 2.87. The average Bonchev–Trinajstić information content (AvgIpc) is 2.97. The molecule has 0 aliphatic carbocycles. The molecule has 0 aliphatic rings. The first-order chi connectivity index (χ1) is 9.72. The van der Waals surface area contributed by atoms with Crippen molar-refractivity contribution in [2.75, 3.05) is 30.9 Å². The van der Waals surface area contributed by atoms with Crippen molar-refractivity contribution < 1.29 is 4.74 Å². The van der Waals surface area contributed by atoms with E-state index in [4.69, 9.17) is 4.74 Å². The third-order valence-electron chi connectivity index (χ3n) is 2.72. The highest BCUT2D eigenvalue weighted by molar-refractivity contribution is 7.07. The molecule has 0 aromatic carbocycles. The first-order valence-corrected chi connectivity index (χ1v) is 7.39. The van der Waals surface area contributed by atoms with Crippen LogP contribution in [0.1, 0.15) is 18.4 Å². The number of hydrogen-bond donors (Lipinski definition) is 1. The summed E-state index contributed by atoms with van der Waals surface area (Å²) in [4.78, 5) is 15.2. The minimum absolute atomic E-state index is 0.420. The number of nitrogens with zero attached hydrogens (tertiary/aromatic N) is 4. The third-order valence-corrected chi connectivity index (χ3v) is 3.36. The molecule has 0 unspecified atom stereocenters. The molecule has 0 bridgehead atoms. The van der Waals surface area contributed by atoms with Gasteiger partial charge in [-0.05, 0) is 6.92 Å². The molecule has 0 saturated heterocycles. The van der Waals surface area contributed by atoms with Gasteiger partial charge in [-0.25, -0.2) is 15.0 Å². The van der Waals surface area contributed by atoms with Gasteiger partial charge in [0.15, 0.2) is 5.82 Å². The van der Waals surface area contributed by atoms with E-state index in [1.54, 1.807) is 11.3 Å². The predicted molar refractivity (Wildman–Crippen MR) is 81.1 cm³/mol. The number of rotatable bonds is 7. The van der Waals surface area contributed by atoms with Gasteiger partial charge in [0.05, 0.1) is 17.7 Å². The van der Waals surface area contributed by atoms with E-state index in [2.05, 4.69) is 20.3 Å². The second-order valence-corrected chi connectivity index (χ2v) is 4.97. The van der Waals surface area contributed by atoms with Crippen molar-refractivity contribution in [2.24, 2.45) is 0 Å². The fraction of sp³-hybridized carbons (Fsp3) is 0.462. The smallest absolute Gasteiger partial charge is 0.158 e. The van der Waals surface area contributed by atoms with Gasteiger partial charge in [0.25, 0.3) is 0 Å². The molecule has 2 heterocycles. The second-order valence-electron chi connectivity index (χ2n) is 4.25. The maximum atomic E-state index is 5.38. The number of nitrogens with one attached hydrogen (secondary N) is 1. The molecule has 0 spiro atoms. The molecule has 7 heteroatoms. The molecule has 1 N–H and O–H groups in total. The SMILES string of the molecule is CCOCc1nc(NC)cc(N(C)Cc2cscn2)n1. The molecule has 0 aliphatic heterocycles. The lowest BCUT2D eigenvalue weighted by molar-refractivity contribution is 0.128. The molecule has 20 heavy (non-hydrogen) atoms. The van der Waals surface area contributed by atoms with Crippen LogP contribution in [-0.4, -0.2) is 35.7 Å². The Morgan fingerprint density at radius 3 is 2.90 bits per heavy atom. The summed E-state index contributed by atoms with van der Waals surface area (Å²) in [5.74, 6) is 2.32. The Kier molecular flexibility index (Phi) is 5.25.